The lowest BCUT2D eigenvalue weighted by atomic mass is 10.0. The second kappa shape index (κ2) is 5.94. The van der Waals surface area contributed by atoms with Gasteiger partial charge in [0.2, 0.25) is 5.96 Å². The summed E-state index contributed by atoms with van der Waals surface area (Å²) in [6, 6.07) is 18.0. The molecule has 4 heteroatoms. The molecule has 0 fully saturated rings. The molecular formula is C21H18ClN3. The summed E-state index contributed by atoms with van der Waals surface area (Å²) in [6.07, 6.45) is 4.29. The second-order valence-electron chi connectivity index (χ2n) is 6.20. The van der Waals surface area contributed by atoms with E-state index in [2.05, 4.69) is 42.5 Å². The van der Waals surface area contributed by atoms with Crippen molar-refractivity contribution in [1.82, 2.24) is 0 Å². The van der Waals surface area contributed by atoms with E-state index in [4.69, 9.17) is 17.0 Å². The Morgan fingerprint density at radius 2 is 1.52 bits per heavy atom. The Morgan fingerprint density at radius 3 is 2.24 bits per heavy atom. The molecule has 3 nitrogen and oxygen atoms in total. The summed E-state index contributed by atoms with van der Waals surface area (Å²) < 4.78 is 0. The molecule has 0 bridgehead atoms. The van der Waals surface area contributed by atoms with Crippen LogP contribution in [0.3, 0.4) is 0 Å². The van der Waals surface area contributed by atoms with Crippen LogP contribution in [0.4, 0.5) is 11.4 Å². The summed E-state index contributed by atoms with van der Waals surface area (Å²) in [5.41, 5.74) is 4.42. The van der Waals surface area contributed by atoms with Gasteiger partial charge in [-0.25, -0.2) is 0 Å². The molecule has 0 saturated carbocycles. The molecule has 0 spiro atoms. The van der Waals surface area contributed by atoms with Crippen molar-refractivity contribution in [3.8, 4) is 0 Å². The lowest BCUT2D eigenvalue weighted by Gasteiger charge is -2.29. The molecule has 1 aliphatic carbocycles. The quantitative estimate of drug-likeness (QED) is 0.384. The molecule has 3 aromatic rings. The Bertz CT molecular complexity index is 993. The number of rotatable bonds is 2. The zero-order chi connectivity index (χ0) is 17.6. The summed E-state index contributed by atoms with van der Waals surface area (Å²) in [7, 11) is 3.82. The third kappa shape index (κ3) is 2.57. The van der Waals surface area contributed by atoms with Gasteiger partial charge in [0.15, 0.2) is 0 Å². The van der Waals surface area contributed by atoms with E-state index in [-0.39, 0.29) is 0 Å². The van der Waals surface area contributed by atoms with E-state index in [1.807, 2.05) is 48.2 Å². The van der Waals surface area contributed by atoms with E-state index >= 15 is 0 Å². The molecule has 0 saturated heterocycles. The van der Waals surface area contributed by atoms with Crippen LogP contribution >= 0.6 is 11.6 Å². The third-order valence-electron chi connectivity index (χ3n) is 4.74. The van der Waals surface area contributed by atoms with Gasteiger partial charge >= 0.3 is 0 Å². The lowest BCUT2D eigenvalue weighted by molar-refractivity contribution is 1.12. The van der Waals surface area contributed by atoms with E-state index in [0.29, 0.717) is 11.0 Å². The van der Waals surface area contributed by atoms with Crippen molar-refractivity contribution in [3.05, 3.63) is 70.7 Å². The average Bonchev–Trinajstić information content (AvgIpc) is 3.06. The van der Waals surface area contributed by atoms with Gasteiger partial charge in [-0.15, -0.1) is 0 Å². The van der Waals surface area contributed by atoms with Crippen molar-refractivity contribution < 1.29 is 0 Å². The van der Waals surface area contributed by atoms with Gasteiger partial charge in [-0.3, -0.25) is 5.41 Å². The maximum absolute atomic E-state index is 8.63. The molecule has 1 N–H and O–H groups in total. The first kappa shape index (κ1) is 15.7. The standard InChI is InChI=1S/C21H18ClN3/c1-24(17-11-9-16(22)10-12-17)21(23)25(2)19-13-8-15-7-6-14-4-3-5-18(19)20(14)15/h3-13,23H,1-2H3. The van der Waals surface area contributed by atoms with Crippen LogP contribution < -0.4 is 9.80 Å². The monoisotopic (exact) mass is 347 g/mol. The highest BCUT2D eigenvalue weighted by Crippen LogP contribution is 2.36. The first-order valence-electron chi connectivity index (χ1n) is 8.11. The zero-order valence-corrected chi connectivity index (χ0v) is 14.9. The number of halogens is 1. The minimum Gasteiger partial charge on any atom is -0.316 e. The molecule has 1 aliphatic rings. The Kier molecular flexibility index (Phi) is 3.74. The molecule has 25 heavy (non-hydrogen) atoms. The minimum absolute atomic E-state index is 0.397. The fraction of sp³-hybridized carbons (Fsp3) is 0.0952. The highest BCUT2D eigenvalue weighted by Gasteiger charge is 2.18. The van der Waals surface area contributed by atoms with E-state index in [9.17, 15) is 0 Å². The SMILES string of the molecule is CN(C(=N)N(C)c1ccc2c3c(cccc13)C=C2)c1ccc(Cl)cc1. The maximum atomic E-state index is 8.63. The van der Waals surface area contributed by atoms with Gasteiger partial charge in [-0.1, -0.05) is 48.0 Å². The molecule has 3 aromatic carbocycles. The highest BCUT2D eigenvalue weighted by molar-refractivity contribution is 6.30. The number of guanidine groups is 1. The highest BCUT2D eigenvalue weighted by atomic mass is 35.5. The third-order valence-corrected chi connectivity index (χ3v) is 4.99. The van der Waals surface area contributed by atoms with E-state index in [0.717, 1.165) is 16.8 Å². The summed E-state index contributed by atoms with van der Waals surface area (Å²) >= 11 is 5.97. The number of anilines is 2. The first-order chi connectivity index (χ1) is 12.1. The van der Waals surface area contributed by atoms with Gasteiger partial charge in [-0.05, 0) is 46.8 Å². The lowest BCUT2D eigenvalue weighted by Crippen LogP contribution is -2.39. The minimum atomic E-state index is 0.397. The molecule has 0 atom stereocenters. The summed E-state index contributed by atoms with van der Waals surface area (Å²) in [5, 5.41) is 11.7. The Labute approximate surface area is 152 Å². The van der Waals surface area contributed by atoms with E-state index < -0.39 is 0 Å². The van der Waals surface area contributed by atoms with Crippen LogP contribution in [-0.2, 0) is 0 Å². The largest absolute Gasteiger partial charge is 0.316 e. The van der Waals surface area contributed by atoms with E-state index in [1.54, 1.807) is 0 Å². The molecule has 0 amide bonds. The molecule has 0 aromatic heterocycles. The molecule has 0 radical (unpaired) electrons. The molecule has 0 aliphatic heterocycles. The topological polar surface area (TPSA) is 30.3 Å². The number of benzene rings is 3. The molecule has 0 heterocycles. The van der Waals surface area contributed by atoms with E-state index in [1.165, 1.54) is 16.5 Å². The fourth-order valence-electron chi connectivity index (χ4n) is 3.32. The predicted octanol–water partition coefficient (Wildman–Crippen LogP) is 5.48. The van der Waals surface area contributed by atoms with Crippen molar-refractivity contribution in [3.63, 3.8) is 0 Å². The van der Waals surface area contributed by atoms with Gasteiger partial charge in [0, 0.05) is 30.2 Å². The van der Waals surface area contributed by atoms with Crippen molar-refractivity contribution in [2.75, 3.05) is 23.9 Å². The van der Waals surface area contributed by atoms with Crippen molar-refractivity contribution in [2.45, 2.75) is 0 Å². The van der Waals surface area contributed by atoms with Crippen LogP contribution in [0.25, 0.3) is 22.9 Å². The normalized spacial score (nSPS) is 11.8. The second-order valence-corrected chi connectivity index (χ2v) is 6.63. The number of hydrogen-bond donors (Lipinski definition) is 1. The van der Waals surface area contributed by atoms with Gasteiger partial charge in [0.05, 0.1) is 5.69 Å². The first-order valence-corrected chi connectivity index (χ1v) is 8.49. The Morgan fingerprint density at radius 1 is 0.840 bits per heavy atom. The fourth-order valence-corrected chi connectivity index (χ4v) is 3.45. The number of hydrogen-bond acceptors (Lipinski definition) is 1. The van der Waals surface area contributed by atoms with Crippen molar-refractivity contribution >= 4 is 51.9 Å². The summed E-state index contributed by atoms with van der Waals surface area (Å²) in [5.74, 6) is 0.397. The van der Waals surface area contributed by atoms with Crippen LogP contribution in [0.2, 0.25) is 5.02 Å². The molecular weight excluding hydrogens is 330 g/mol. The van der Waals surface area contributed by atoms with Crippen LogP contribution in [0.15, 0.2) is 54.6 Å². The smallest absolute Gasteiger partial charge is 0.202 e. The maximum Gasteiger partial charge on any atom is 0.202 e. The Balaban J connectivity index is 1.72. The summed E-state index contributed by atoms with van der Waals surface area (Å²) in [6.45, 7) is 0. The van der Waals surface area contributed by atoms with Gasteiger partial charge in [-0.2, -0.15) is 0 Å². The Hall–Kier alpha value is -2.78. The van der Waals surface area contributed by atoms with Crippen molar-refractivity contribution in [1.29, 1.82) is 5.41 Å². The molecule has 0 unspecified atom stereocenters. The van der Waals surface area contributed by atoms with Crippen LogP contribution in [0.5, 0.6) is 0 Å². The van der Waals surface area contributed by atoms with Crippen LogP contribution in [-0.4, -0.2) is 20.1 Å². The van der Waals surface area contributed by atoms with Gasteiger partial charge < -0.3 is 9.80 Å². The number of nitrogens with one attached hydrogen (secondary N) is 1. The number of nitrogens with zero attached hydrogens (tertiary/aromatic N) is 2. The zero-order valence-electron chi connectivity index (χ0n) is 14.1. The van der Waals surface area contributed by atoms with Gasteiger partial charge in [0.1, 0.15) is 0 Å². The van der Waals surface area contributed by atoms with Crippen molar-refractivity contribution in [2.24, 2.45) is 0 Å². The average molecular weight is 348 g/mol. The van der Waals surface area contributed by atoms with Crippen LogP contribution in [0.1, 0.15) is 11.1 Å². The summed E-state index contributed by atoms with van der Waals surface area (Å²) in [4.78, 5) is 3.76. The molecule has 4 rings (SSSR count). The van der Waals surface area contributed by atoms with Crippen LogP contribution in [0, 0.1) is 5.41 Å². The molecule has 124 valence electrons. The predicted molar refractivity (Wildman–Crippen MR) is 109 cm³/mol. The van der Waals surface area contributed by atoms with Gasteiger partial charge in [0.25, 0.3) is 0 Å².